The lowest BCUT2D eigenvalue weighted by Gasteiger charge is -2.38. The quantitative estimate of drug-likeness (QED) is 0.402. The van der Waals surface area contributed by atoms with Gasteiger partial charge in [0.15, 0.2) is 11.5 Å². The van der Waals surface area contributed by atoms with Crippen LogP contribution in [0.3, 0.4) is 0 Å². The van der Waals surface area contributed by atoms with E-state index in [0.717, 1.165) is 44.8 Å². The van der Waals surface area contributed by atoms with Crippen LogP contribution in [0.25, 0.3) is 0 Å². The van der Waals surface area contributed by atoms with Crippen LogP contribution < -0.4 is 18.9 Å². The first-order valence-electron chi connectivity index (χ1n) is 10.9. The highest BCUT2D eigenvalue weighted by Gasteiger charge is 2.41. The summed E-state index contributed by atoms with van der Waals surface area (Å²) >= 11 is 3.61. The highest BCUT2D eigenvalue weighted by atomic mass is 79.9. The molecule has 0 bridgehead atoms. The van der Waals surface area contributed by atoms with Gasteiger partial charge in [-0.05, 0) is 73.2 Å². The molecule has 0 saturated carbocycles. The zero-order valence-corrected chi connectivity index (χ0v) is 20.3. The Morgan fingerprint density at radius 1 is 1.00 bits per heavy atom. The molecule has 6 nitrogen and oxygen atoms in total. The van der Waals surface area contributed by atoms with Crippen molar-refractivity contribution in [2.24, 2.45) is 5.10 Å². The number of ether oxygens (including phenoxy) is 4. The monoisotopic (exact) mass is 508 g/mol. The van der Waals surface area contributed by atoms with E-state index < -0.39 is 0 Å². The zero-order valence-electron chi connectivity index (χ0n) is 18.7. The Kier molecular flexibility index (Phi) is 5.89. The van der Waals surface area contributed by atoms with E-state index in [4.69, 9.17) is 24.0 Å². The maximum Gasteiger partial charge on any atom is 0.214 e. The van der Waals surface area contributed by atoms with Crippen molar-refractivity contribution in [3.05, 3.63) is 81.8 Å². The third-order valence-electron chi connectivity index (χ3n) is 5.94. The summed E-state index contributed by atoms with van der Waals surface area (Å²) in [6, 6.07) is 20.2. The molecular formula is C26H25BrN2O4. The van der Waals surface area contributed by atoms with Crippen molar-refractivity contribution in [2.45, 2.75) is 25.6 Å². The Hall–Kier alpha value is -3.19. The highest BCUT2D eigenvalue weighted by Crippen LogP contribution is 2.49. The number of benzene rings is 3. The van der Waals surface area contributed by atoms with Crippen molar-refractivity contribution >= 4 is 21.6 Å². The first-order chi connectivity index (χ1) is 16.1. The Morgan fingerprint density at radius 3 is 2.52 bits per heavy atom. The van der Waals surface area contributed by atoms with Crippen molar-refractivity contribution in [3.8, 4) is 23.0 Å². The van der Waals surface area contributed by atoms with E-state index in [-0.39, 0.29) is 12.3 Å². The first kappa shape index (κ1) is 21.6. The molecule has 2 aliphatic rings. The van der Waals surface area contributed by atoms with Gasteiger partial charge in [-0.3, -0.25) is 0 Å². The largest absolute Gasteiger partial charge is 0.494 e. The Morgan fingerprint density at radius 2 is 1.79 bits per heavy atom. The zero-order chi connectivity index (χ0) is 22.9. The van der Waals surface area contributed by atoms with Gasteiger partial charge in [-0.15, -0.1) is 0 Å². The molecule has 170 valence electrons. The number of halogens is 1. The average Bonchev–Trinajstić information content (AvgIpc) is 3.30. The number of fused-ring (bicyclic) bond motifs is 3. The van der Waals surface area contributed by atoms with Gasteiger partial charge in [0, 0.05) is 22.0 Å². The van der Waals surface area contributed by atoms with Crippen LogP contribution in [-0.4, -0.2) is 31.5 Å². The first-order valence-corrected chi connectivity index (χ1v) is 11.7. The Bertz CT molecular complexity index is 1200. The molecule has 0 aromatic heterocycles. The molecule has 0 radical (unpaired) electrons. The summed E-state index contributed by atoms with van der Waals surface area (Å²) in [5.74, 6) is 3.06. The van der Waals surface area contributed by atoms with Gasteiger partial charge < -0.3 is 18.9 Å². The fraction of sp³-hybridized carbons (Fsp3) is 0.269. The molecule has 2 atom stereocenters. The van der Waals surface area contributed by atoms with Crippen molar-refractivity contribution in [1.82, 2.24) is 5.01 Å². The molecule has 2 heterocycles. The topological polar surface area (TPSA) is 52.5 Å². The molecule has 2 aliphatic heterocycles. The van der Waals surface area contributed by atoms with Crippen molar-refractivity contribution in [2.75, 3.05) is 20.8 Å². The lowest BCUT2D eigenvalue weighted by atomic mass is 9.96. The molecule has 5 rings (SSSR count). The van der Waals surface area contributed by atoms with E-state index in [9.17, 15) is 0 Å². The summed E-state index contributed by atoms with van der Waals surface area (Å²) in [5, 5.41) is 7.09. The van der Waals surface area contributed by atoms with Gasteiger partial charge in [0.25, 0.3) is 0 Å². The van der Waals surface area contributed by atoms with Gasteiger partial charge in [-0.25, -0.2) is 5.01 Å². The predicted octanol–water partition coefficient (Wildman–Crippen LogP) is 6.11. The summed E-state index contributed by atoms with van der Waals surface area (Å²) in [4.78, 5) is 0. The summed E-state index contributed by atoms with van der Waals surface area (Å²) in [6.07, 6.45) is 0.397. The highest BCUT2D eigenvalue weighted by molar-refractivity contribution is 9.10. The van der Waals surface area contributed by atoms with Crippen LogP contribution in [0.5, 0.6) is 23.0 Å². The third-order valence-corrected chi connectivity index (χ3v) is 6.44. The molecule has 0 unspecified atom stereocenters. The van der Waals surface area contributed by atoms with Crippen molar-refractivity contribution < 1.29 is 18.9 Å². The maximum atomic E-state index is 6.48. The second-order valence-corrected chi connectivity index (χ2v) is 8.79. The van der Waals surface area contributed by atoms with Crippen LogP contribution in [0.4, 0.5) is 0 Å². The van der Waals surface area contributed by atoms with Crippen molar-refractivity contribution in [3.63, 3.8) is 0 Å². The number of hydrogen-bond donors (Lipinski definition) is 0. The minimum absolute atomic E-state index is 0.0610. The lowest BCUT2D eigenvalue weighted by Crippen LogP contribution is -2.33. The van der Waals surface area contributed by atoms with E-state index in [1.54, 1.807) is 14.2 Å². The number of hydrazone groups is 1. The van der Waals surface area contributed by atoms with Crippen LogP contribution in [0.1, 0.15) is 42.3 Å². The summed E-state index contributed by atoms with van der Waals surface area (Å²) in [6.45, 7) is 2.63. The van der Waals surface area contributed by atoms with E-state index >= 15 is 0 Å². The number of rotatable bonds is 6. The molecule has 0 aliphatic carbocycles. The maximum absolute atomic E-state index is 6.48. The van der Waals surface area contributed by atoms with Gasteiger partial charge >= 0.3 is 0 Å². The SMILES string of the molecule is CCOc1ccc(C2=NN3[C@@H](C2)c2cc(Br)ccc2O[C@H]3c2ccc(OC)c(OC)c2)cc1. The fourth-order valence-corrected chi connectivity index (χ4v) is 4.75. The molecule has 33 heavy (non-hydrogen) atoms. The minimum atomic E-state index is -0.385. The molecule has 0 N–H and O–H groups in total. The second kappa shape index (κ2) is 8.98. The van der Waals surface area contributed by atoms with E-state index in [0.29, 0.717) is 18.1 Å². The summed E-state index contributed by atoms with van der Waals surface area (Å²) < 4.78 is 24.0. The standard InChI is InChI=1S/C26H25BrN2O4/c1-4-32-19-9-5-16(6-10-19)21-15-22-20-14-18(27)8-12-23(20)33-26(29(22)28-21)17-7-11-24(30-2)25(13-17)31-3/h5-14,22,26H,4,15H2,1-3H3/t22-,26-/m0/s1. The number of methoxy groups -OCH3 is 2. The minimum Gasteiger partial charge on any atom is -0.494 e. The van der Waals surface area contributed by atoms with E-state index in [1.165, 1.54) is 0 Å². The molecule has 0 amide bonds. The van der Waals surface area contributed by atoms with Gasteiger partial charge in [-0.1, -0.05) is 15.9 Å². The summed E-state index contributed by atoms with van der Waals surface area (Å²) in [7, 11) is 3.27. The molecule has 3 aromatic rings. The molecule has 0 fully saturated rings. The lowest BCUT2D eigenvalue weighted by molar-refractivity contribution is -0.0192. The van der Waals surface area contributed by atoms with Crippen LogP contribution in [0.2, 0.25) is 0 Å². The summed E-state index contributed by atoms with van der Waals surface area (Å²) in [5.41, 5.74) is 4.16. The molecule has 7 heteroatoms. The molecule has 0 saturated heterocycles. The average molecular weight is 509 g/mol. The smallest absolute Gasteiger partial charge is 0.214 e. The normalized spacial score (nSPS) is 18.7. The fourth-order valence-electron chi connectivity index (χ4n) is 4.37. The second-order valence-electron chi connectivity index (χ2n) is 7.87. The van der Waals surface area contributed by atoms with E-state index in [2.05, 4.69) is 39.1 Å². The van der Waals surface area contributed by atoms with Gasteiger partial charge in [0.2, 0.25) is 6.23 Å². The van der Waals surface area contributed by atoms with Gasteiger partial charge in [0.05, 0.1) is 32.6 Å². The van der Waals surface area contributed by atoms with Crippen LogP contribution in [0, 0.1) is 0 Å². The van der Waals surface area contributed by atoms with E-state index in [1.807, 2.05) is 49.4 Å². The molecular weight excluding hydrogens is 484 g/mol. The Balaban J connectivity index is 1.55. The van der Waals surface area contributed by atoms with Gasteiger partial charge in [0.1, 0.15) is 11.5 Å². The molecule has 3 aromatic carbocycles. The third kappa shape index (κ3) is 4.02. The van der Waals surface area contributed by atoms with Crippen LogP contribution in [0.15, 0.2) is 70.2 Å². The number of hydrogen-bond acceptors (Lipinski definition) is 6. The van der Waals surface area contributed by atoms with Crippen LogP contribution >= 0.6 is 15.9 Å². The van der Waals surface area contributed by atoms with Gasteiger partial charge in [-0.2, -0.15) is 5.10 Å². The predicted molar refractivity (Wildman–Crippen MR) is 130 cm³/mol. The number of nitrogens with zero attached hydrogens (tertiary/aromatic N) is 2. The molecule has 0 spiro atoms. The van der Waals surface area contributed by atoms with Crippen LogP contribution in [-0.2, 0) is 0 Å². The Labute approximate surface area is 201 Å². The van der Waals surface area contributed by atoms with Crippen molar-refractivity contribution in [1.29, 1.82) is 0 Å².